The van der Waals surface area contributed by atoms with Crippen molar-refractivity contribution in [2.24, 2.45) is 11.3 Å². The molecule has 3 nitrogen and oxygen atoms in total. The Morgan fingerprint density at radius 2 is 2.24 bits per heavy atom. The van der Waals surface area contributed by atoms with Crippen molar-refractivity contribution >= 4 is 5.91 Å². The van der Waals surface area contributed by atoms with Gasteiger partial charge in [-0.25, -0.2) is 0 Å². The first-order valence-electron chi connectivity index (χ1n) is 7.08. The number of amides is 1. The second kappa shape index (κ2) is 4.97. The lowest BCUT2D eigenvalue weighted by Gasteiger charge is -2.38. The van der Waals surface area contributed by atoms with Crippen LogP contribution in [0.1, 0.15) is 52.9 Å². The van der Waals surface area contributed by atoms with Gasteiger partial charge in [0.15, 0.2) is 0 Å². The molecule has 3 heteroatoms. The molecule has 2 rings (SSSR count). The summed E-state index contributed by atoms with van der Waals surface area (Å²) in [5, 5.41) is 6.59. The smallest absolute Gasteiger partial charge is 0.237 e. The minimum absolute atomic E-state index is 0.000809. The van der Waals surface area contributed by atoms with Crippen LogP contribution < -0.4 is 10.6 Å². The van der Waals surface area contributed by atoms with E-state index < -0.39 is 0 Å². The lowest BCUT2D eigenvalue weighted by Crippen LogP contribution is -2.56. The third kappa shape index (κ3) is 3.01. The normalized spacial score (nSPS) is 35.4. The molecule has 0 aromatic rings. The SMILES string of the molecule is CCCC1CC1NC(=O)C1NCCCC1(C)C. The fraction of sp³-hybridized carbons (Fsp3) is 0.929. The molecule has 0 aromatic carbocycles. The summed E-state index contributed by atoms with van der Waals surface area (Å²) in [5.41, 5.74) is 0.0947. The van der Waals surface area contributed by atoms with Crippen molar-refractivity contribution in [3.8, 4) is 0 Å². The van der Waals surface area contributed by atoms with Crippen molar-refractivity contribution in [1.29, 1.82) is 0 Å². The van der Waals surface area contributed by atoms with Gasteiger partial charge >= 0.3 is 0 Å². The van der Waals surface area contributed by atoms with E-state index in [1.807, 2.05) is 0 Å². The third-order valence-corrected chi connectivity index (χ3v) is 4.30. The molecule has 0 radical (unpaired) electrons. The van der Waals surface area contributed by atoms with Gasteiger partial charge in [-0.1, -0.05) is 27.2 Å². The van der Waals surface area contributed by atoms with E-state index in [0.717, 1.165) is 18.9 Å². The number of carbonyl (C=O) groups is 1. The maximum absolute atomic E-state index is 12.2. The summed E-state index contributed by atoms with van der Waals surface area (Å²) in [6.45, 7) is 7.58. The molecule has 0 spiro atoms. The standard InChI is InChI=1S/C14H26N2O/c1-4-6-10-9-11(10)16-13(17)12-14(2,3)7-5-8-15-12/h10-12,15H,4-9H2,1-3H3,(H,16,17). The molecule has 1 amide bonds. The van der Waals surface area contributed by atoms with Gasteiger partial charge in [-0.15, -0.1) is 0 Å². The summed E-state index contributed by atoms with van der Waals surface area (Å²) in [7, 11) is 0. The predicted octanol–water partition coefficient (Wildman–Crippen LogP) is 2.07. The highest BCUT2D eigenvalue weighted by atomic mass is 16.2. The van der Waals surface area contributed by atoms with E-state index in [9.17, 15) is 4.79 Å². The van der Waals surface area contributed by atoms with E-state index >= 15 is 0 Å². The third-order valence-electron chi connectivity index (χ3n) is 4.30. The first-order chi connectivity index (χ1) is 8.04. The second-order valence-electron chi connectivity index (χ2n) is 6.38. The molecular weight excluding hydrogens is 212 g/mol. The molecule has 0 bridgehead atoms. The highest BCUT2D eigenvalue weighted by Gasteiger charge is 2.42. The van der Waals surface area contributed by atoms with Gasteiger partial charge < -0.3 is 10.6 Å². The van der Waals surface area contributed by atoms with E-state index in [1.54, 1.807) is 0 Å². The number of nitrogens with one attached hydrogen (secondary N) is 2. The van der Waals surface area contributed by atoms with Crippen molar-refractivity contribution in [2.45, 2.75) is 65.0 Å². The minimum atomic E-state index is -0.000809. The fourth-order valence-electron chi connectivity index (χ4n) is 3.04. The molecule has 2 aliphatic rings. The van der Waals surface area contributed by atoms with E-state index in [1.165, 1.54) is 25.7 Å². The van der Waals surface area contributed by atoms with E-state index in [4.69, 9.17) is 0 Å². The van der Waals surface area contributed by atoms with Gasteiger partial charge in [-0.05, 0) is 43.6 Å². The van der Waals surface area contributed by atoms with Crippen LogP contribution in [-0.2, 0) is 4.79 Å². The van der Waals surface area contributed by atoms with Crippen molar-refractivity contribution in [3.63, 3.8) is 0 Å². The molecule has 3 atom stereocenters. The average Bonchev–Trinajstić information content (AvgIpc) is 2.96. The Morgan fingerprint density at radius 3 is 2.88 bits per heavy atom. The maximum Gasteiger partial charge on any atom is 0.237 e. The van der Waals surface area contributed by atoms with Gasteiger partial charge in [0.1, 0.15) is 0 Å². The second-order valence-corrected chi connectivity index (χ2v) is 6.38. The summed E-state index contributed by atoms with van der Waals surface area (Å²) in [4.78, 5) is 12.2. The van der Waals surface area contributed by atoms with Crippen LogP contribution in [0.25, 0.3) is 0 Å². The Hall–Kier alpha value is -0.570. The molecule has 0 aromatic heterocycles. The fourth-order valence-corrected chi connectivity index (χ4v) is 3.04. The molecule has 2 fully saturated rings. The van der Waals surface area contributed by atoms with Crippen LogP contribution >= 0.6 is 0 Å². The molecule has 1 saturated heterocycles. The molecule has 1 aliphatic heterocycles. The zero-order chi connectivity index (χ0) is 12.5. The lowest BCUT2D eigenvalue weighted by atomic mass is 9.77. The average molecular weight is 238 g/mol. The zero-order valence-electron chi connectivity index (χ0n) is 11.4. The summed E-state index contributed by atoms with van der Waals surface area (Å²) < 4.78 is 0. The summed E-state index contributed by atoms with van der Waals surface area (Å²) in [5.74, 6) is 0.967. The van der Waals surface area contributed by atoms with Crippen LogP contribution in [0.3, 0.4) is 0 Å². The van der Waals surface area contributed by atoms with Gasteiger partial charge in [-0.2, -0.15) is 0 Å². The van der Waals surface area contributed by atoms with E-state index in [2.05, 4.69) is 31.4 Å². The minimum Gasteiger partial charge on any atom is -0.352 e. The van der Waals surface area contributed by atoms with Gasteiger partial charge in [0, 0.05) is 6.04 Å². The Labute approximate surface area is 105 Å². The van der Waals surface area contributed by atoms with Gasteiger partial charge in [0.25, 0.3) is 0 Å². The lowest BCUT2D eigenvalue weighted by molar-refractivity contribution is -0.127. The highest BCUT2D eigenvalue weighted by molar-refractivity contribution is 5.83. The topological polar surface area (TPSA) is 41.1 Å². The summed E-state index contributed by atoms with van der Waals surface area (Å²) >= 11 is 0. The van der Waals surface area contributed by atoms with Crippen LogP contribution in [-0.4, -0.2) is 24.5 Å². The molecule has 1 saturated carbocycles. The first kappa shape index (κ1) is 12.9. The molecule has 3 unspecified atom stereocenters. The van der Waals surface area contributed by atoms with Gasteiger partial charge in [0.2, 0.25) is 5.91 Å². The molecule has 17 heavy (non-hydrogen) atoms. The van der Waals surface area contributed by atoms with E-state index in [0.29, 0.717) is 6.04 Å². The Bertz CT molecular complexity index is 288. The quantitative estimate of drug-likeness (QED) is 0.787. The molecule has 2 N–H and O–H groups in total. The molecular formula is C14H26N2O. The van der Waals surface area contributed by atoms with Gasteiger partial charge in [-0.3, -0.25) is 4.79 Å². The number of rotatable bonds is 4. The predicted molar refractivity (Wildman–Crippen MR) is 69.8 cm³/mol. The van der Waals surface area contributed by atoms with E-state index in [-0.39, 0.29) is 17.4 Å². The summed E-state index contributed by atoms with van der Waals surface area (Å²) in [6, 6.07) is 0.459. The van der Waals surface area contributed by atoms with Crippen molar-refractivity contribution in [3.05, 3.63) is 0 Å². The van der Waals surface area contributed by atoms with Crippen LogP contribution in [0.5, 0.6) is 0 Å². The number of carbonyl (C=O) groups excluding carboxylic acids is 1. The largest absolute Gasteiger partial charge is 0.352 e. The Morgan fingerprint density at radius 1 is 1.47 bits per heavy atom. The Balaban J connectivity index is 1.83. The highest BCUT2D eigenvalue weighted by Crippen LogP contribution is 2.36. The van der Waals surface area contributed by atoms with Crippen LogP contribution in [0.4, 0.5) is 0 Å². The molecule has 98 valence electrons. The van der Waals surface area contributed by atoms with Crippen molar-refractivity contribution < 1.29 is 4.79 Å². The monoisotopic (exact) mass is 238 g/mol. The maximum atomic E-state index is 12.2. The Kier molecular flexibility index (Phi) is 3.76. The molecule has 1 aliphatic carbocycles. The molecule has 1 heterocycles. The number of hydrogen-bond acceptors (Lipinski definition) is 2. The number of piperidine rings is 1. The van der Waals surface area contributed by atoms with Gasteiger partial charge in [0.05, 0.1) is 6.04 Å². The zero-order valence-corrected chi connectivity index (χ0v) is 11.4. The van der Waals surface area contributed by atoms with Crippen molar-refractivity contribution in [1.82, 2.24) is 10.6 Å². The van der Waals surface area contributed by atoms with Crippen LogP contribution in [0.15, 0.2) is 0 Å². The van der Waals surface area contributed by atoms with Crippen LogP contribution in [0.2, 0.25) is 0 Å². The van der Waals surface area contributed by atoms with Crippen molar-refractivity contribution in [2.75, 3.05) is 6.54 Å². The number of hydrogen-bond donors (Lipinski definition) is 2. The first-order valence-corrected chi connectivity index (χ1v) is 7.08. The van der Waals surface area contributed by atoms with Crippen LogP contribution in [0, 0.1) is 11.3 Å². The summed E-state index contributed by atoms with van der Waals surface area (Å²) in [6.07, 6.45) is 5.99.